The molecule has 1 aliphatic heterocycles. The number of hydrogen-bond acceptors (Lipinski definition) is 9. The van der Waals surface area contributed by atoms with Crippen molar-refractivity contribution in [2.45, 2.75) is 10.4 Å². The summed E-state index contributed by atoms with van der Waals surface area (Å²) < 4.78 is 75.5. The summed E-state index contributed by atoms with van der Waals surface area (Å²) in [4.78, 5) is 38.0. The van der Waals surface area contributed by atoms with Crippen LogP contribution in [0.4, 0.5) is 13.2 Å². The van der Waals surface area contributed by atoms with Crippen molar-refractivity contribution in [1.29, 1.82) is 0 Å². The summed E-state index contributed by atoms with van der Waals surface area (Å²) in [5.41, 5.74) is -5.77. The number of benzene rings is 3. The van der Waals surface area contributed by atoms with Gasteiger partial charge in [0, 0.05) is 16.0 Å². The smallest absolute Gasteiger partial charge is 0.460 e. The Balaban J connectivity index is 1.38. The van der Waals surface area contributed by atoms with Crippen LogP contribution in [-0.4, -0.2) is 62.3 Å². The zero-order valence-electron chi connectivity index (χ0n) is 19.3. The predicted octanol–water partition coefficient (Wildman–Crippen LogP) is 4.18. The average Bonchev–Trinajstić information content (AvgIpc) is 2.89. The summed E-state index contributed by atoms with van der Waals surface area (Å²) in [6, 6.07) is 15.6. The Labute approximate surface area is 218 Å². The van der Waals surface area contributed by atoms with Gasteiger partial charge in [0.15, 0.2) is 0 Å². The van der Waals surface area contributed by atoms with Gasteiger partial charge < -0.3 is 9.47 Å². The molecule has 0 bridgehead atoms. The average molecular weight is 570 g/mol. The quantitative estimate of drug-likeness (QED) is 0.117. The van der Waals surface area contributed by atoms with E-state index in [9.17, 15) is 36.0 Å². The summed E-state index contributed by atoms with van der Waals surface area (Å²) >= 11 is 1.33. The molecule has 0 N–H and O–H groups in total. The van der Waals surface area contributed by atoms with Crippen LogP contribution in [0.5, 0.6) is 0 Å². The first kappa shape index (κ1) is 27.6. The van der Waals surface area contributed by atoms with Crippen LogP contribution in [0.1, 0.15) is 31.1 Å². The second kappa shape index (κ2) is 11.1. The number of alkyl halides is 3. The first-order valence-electron chi connectivity index (χ1n) is 10.9. The van der Waals surface area contributed by atoms with Gasteiger partial charge >= 0.3 is 21.6 Å². The largest absolute Gasteiger partial charge is 0.525 e. The molecule has 0 radical (unpaired) electrons. The molecule has 0 aromatic heterocycles. The van der Waals surface area contributed by atoms with E-state index in [1.807, 2.05) is 0 Å². The van der Waals surface area contributed by atoms with Gasteiger partial charge in [-0.3, -0.25) is 9.59 Å². The van der Waals surface area contributed by atoms with Crippen molar-refractivity contribution < 1.29 is 49.7 Å². The first-order valence-corrected chi connectivity index (χ1v) is 13.3. The van der Waals surface area contributed by atoms with Gasteiger partial charge in [-0.1, -0.05) is 30.3 Å². The van der Waals surface area contributed by atoms with Gasteiger partial charge in [-0.15, -0.1) is 21.1 Å². The second-order valence-electron chi connectivity index (χ2n) is 7.68. The maximum Gasteiger partial charge on any atom is 0.525 e. The highest BCUT2D eigenvalue weighted by Gasteiger charge is 2.51. The minimum Gasteiger partial charge on any atom is -0.460 e. The maximum absolute atomic E-state index is 12.7. The molecule has 2 amide bonds. The Kier molecular flexibility index (Phi) is 8.06. The van der Waals surface area contributed by atoms with E-state index in [4.69, 9.17) is 9.47 Å². The topological polar surface area (TPSA) is 116 Å². The van der Waals surface area contributed by atoms with E-state index in [1.54, 1.807) is 36.4 Å². The highest BCUT2D eigenvalue weighted by molar-refractivity contribution is 7.99. The highest BCUT2D eigenvalue weighted by Crippen LogP contribution is 2.37. The zero-order chi connectivity index (χ0) is 27.5. The summed E-state index contributed by atoms with van der Waals surface area (Å²) in [7, 11) is -6.25. The SMILES string of the molecule is O=C(OCCOCCSc1ccc2c3c(cccc13)C(=O)N(OS(=O)(=O)C(F)(F)F)C2=O)c1ccccc1. The van der Waals surface area contributed by atoms with Crippen LogP contribution in [0.3, 0.4) is 0 Å². The van der Waals surface area contributed by atoms with Gasteiger partial charge in [0.05, 0.1) is 29.9 Å². The molecule has 0 fully saturated rings. The summed E-state index contributed by atoms with van der Waals surface area (Å²) in [5.74, 6) is -2.68. The number of imide groups is 1. The molecule has 0 saturated carbocycles. The molecular weight excluding hydrogens is 551 g/mol. The first-order chi connectivity index (χ1) is 18.0. The normalized spacial score (nSPS) is 13.7. The van der Waals surface area contributed by atoms with Crippen LogP contribution < -0.4 is 0 Å². The van der Waals surface area contributed by atoms with Crippen molar-refractivity contribution in [2.75, 3.05) is 25.6 Å². The van der Waals surface area contributed by atoms with Gasteiger partial charge in [0.25, 0.3) is 11.8 Å². The Bertz CT molecular complexity index is 1470. The number of carbonyl (C=O) groups is 3. The molecule has 3 aromatic rings. The van der Waals surface area contributed by atoms with Crippen LogP contribution in [0.25, 0.3) is 10.8 Å². The minimum atomic E-state index is -6.25. The van der Waals surface area contributed by atoms with Crippen LogP contribution >= 0.6 is 11.8 Å². The fraction of sp³-hybridized carbons (Fsp3) is 0.208. The van der Waals surface area contributed by atoms with Crippen molar-refractivity contribution >= 4 is 50.4 Å². The number of halogens is 3. The van der Waals surface area contributed by atoms with Gasteiger partial charge in [-0.05, 0) is 35.7 Å². The lowest BCUT2D eigenvalue weighted by molar-refractivity contribution is -0.0761. The second-order valence-corrected chi connectivity index (χ2v) is 10.3. The third-order valence-corrected chi connectivity index (χ3v) is 7.19. The number of thioether (sulfide) groups is 1. The summed E-state index contributed by atoms with van der Waals surface area (Å²) in [6.07, 6.45) is 0. The van der Waals surface area contributed by atoms with Gasteiger partial charge in [-0.25, -0.2) is 4.79 Å². The molecule has 4 rings (SSSR count). The molecule has 14 heteroatoms. The lowest BCUT2D eigenvalue weighted by Gasteiger charge is -2.26. The van der Waals surface area contributed by atoms with Gasteiger partial charge in [-0.2, -0.15) is 21.6 Å². The fourth-order valence-electron chi connectivity index (χ4n) is 3.54. The van der Waals surface area contributed by atoms with Crippen LogP contribution in [0.2, 0.25) is 0 Å². The standard InChI is InChI=1S/C24H18F3NO8S2/c25-24(26,27)38(32,33)36-28-21(29)17-8-4-7-16-19(10-9-18(20(16)17)22(28)30)37-14-13-34-11-12-35-23(31)15-5-2-1-3-6-15/h1-10H,11-14H2. The molecule has 0 spiro atoms. The van der Waals surface area contributed by atoms with E-state index in [-0.39, 0.29) is 36.3 Å². The molecule has 0 unspecified atom stereocenters. The van der Waals surface area contributed by atoms with Crippen LogP contribution in [-0.2, 0) is 23.9 Å². The summed E-state index contributed by atoms with van der Waals surface area (Å²) in [6.45, 7) is 0.514. The number of rotatable bonds is 10. The zero-order valence-corrected chi connectivity index (χ0v) is 20.9. The number of hydroxylamine groups is 2. The van der Waals surface area contributed by atoms with E-state index in [0.717, 1.165) is 0 Å². The molecule has 0 saturated heterocycles. The number of esters is 1. The Hall–Kier alpha value is -3.46. The monoisotopic (exact) mass is 569 g/mol. The number of ether oxygens (including phenoxy) is 2. The van der Waals surface area contributed by atoms with Gasteiger partial charge in [0.1, 0.15) is 6.61 Å². The van der Waals surface area contributed by atoms with Crippen molar-refractivity contribution in [2.24, 2.45) is 0 Å². The van der Waals surface area contributed by atoms with E-state index >= 15 is 0 Å². The third kappa shape index (κ3) is 5.67. The molecule has 0 atom stereocenters. The van der Waals surface area contributed by atoms with Crippen LogP contribution in [0.15, 0.2) is 65.6 Å². The molecule has 0 aliphatic carbocycles. The van der Waals surface area contributed by atoms with Crippen LogP contribution in [0, 0.1) is 0 Å². The number of nitrogens with zero attached hydrogens (tertiary/aromatic N) is 1. The minimum absolute atomic E-state index is 0.0617. The molecule has 38 heavy (non-hydrogen) atoms. The van der Waals surface area contributed by atoms with E-state index in [0.29, 0.717) is 21.6 Å². The molecule has 1 aliphatic rings. The Morgan fingerprint density at radius 3 is 2.24 bits per heavy atom. The maximum atomic E-state index is 12.7. The number of carbonyl (C=O) groups excluding carboxylic acids is 3. The van der Waals surface area contributed by atoms with Crippen molar-refractivity contribution in [3.63, 3.8) is 0 Å². The third-order valence-electron chi connectivity index (χ3n) is 5.24. The Morgan fingerprint density at radius 2 is 1.55 bits per heavy atom. The number of hydrogen-bond donors (Lipinski definition) is 0. The lowest BCUT2D eigenvalue weighted by Crippen LogP contribution is -2.44. The van der Waals surface area contributed by atoms with Crippen molar-refractivity contribution in [3.05, 3.63) is 77.4 Å². The van der Waals surface area contributed by atoms with E-state index in [1.165, 1.54) is 36.0 Å². The Morgan fingerprint density at radius 1 is 0.868 bits per heavy atom. The molecule has 9 nitrogen and oxygen atoms in total. The summed E-state index contributed by atoms with van der Waals surface area (Å²) in [5, 5.41) is 0.248. The lowest BCUT2D eigenvalue weighted by atomic mass is 9.95. The van der Waals surface area contributed by atoms with Gasteiger partial charge in [0.2, 0.25) is 0 Å². The van der Waals surface area contributed by atoms with Crippen molar-refractivity contribution in [3.8, 4) is 0 Å². The molecule has 1 heterocycles. The number of amides is 2. The highest BCUT2D eigenvalue weighted by atomic mass is 32.2. The fourth-order valence-corrected chi connectivity index (χ4v) is 4.87. The predicted molar refractivity (Wildman–Crippen MR) is 129 cm³/mol. The molecular formula is C24H18F3NO8S2. The van der Waals surface area contributed by atoms with E-state index in [2.05, 4.69) is 4.28 Å². The van der Waals surface area contributed by atoms with Crippen molar-refractivity contribution in [1.82, 2.24) is 5.06 Å². The van der Waals surface area contributed by atoms with E-state index < -0.39 is 38.5 Å². The molecule has 3 aromatic carbocycles. The molecule has 200 valence electrons.